The topological polar surface area (TPSA) is 64.2 Å². The molecule has 0 saturated carbocycles. The van der Waals surface area contributed by atoms with Gasteiger partial charge in [0, 0.05) is 13.0 Å². The fraction of sp³-hybridized carbons (Fsp3) is 0.409. The Labute approximate surface area is 177 Å². The molecule has 1 aromatic carbocycles. The van der Waals surface area contributed by atoms with E-state index in [2.05, 4.69) is 10.1 Å². The third kappa shape index (κ3) is 4.81. The van der Waals surface area contributed by atoms with Gasteiger partial charge < -0.3 is 9.32 Å². The molecule has 0 bridgehead atoms. The summed E-state index contributed by atoms with van der Waals surface area (Å²) in [6.45, 7) is 1.86. The summed E-state index contributed by atoms with van der Waals surface area (Å²) in [7, 11) is 0. The Kier molecular flexibility index (Phi) is 6.11. The highest BCUT2D eigenvalue weighted by Crippen LogP contribution is 2.31. The highest BCUT2D eigenvalue weighted by molar-refractivity contribution is 5.76. The van der Waals surface area contributed by atoms with Gasteiger partial charge in [0.2, 0.25) is 11.8 Å². The van der Waals surface area contributed by atoms with Crippen LogP contribution in [-0.2, 0) is 17.8 Å². The second-order valence-electron chi connectivity index (χ2n) is 7.74. The number of oxazole rings is 1. The van der Waals surface area contributed by atoms with E-state index in [9.17, 15) is 18.0 Å². The minimum Gasteiger partial charge on any atom is -0.443 e. The lowest BCUT2D eigenvalue weighted by atomic mass is 10.0. The average molecular weight is 432 g/mol. The minimum absolute atomic E-state index is 0.257. The summed E-state index contributed by atoms with van der Waals surface area (Å²) in [5.41, 5.74) is 1.06. The fourth-order valence-corrected chi connectivity index (χ4v) is 3.94. The molecule has 1 fully saturated rings. The molecule has 164 valence electrons. The fourth-order valence-electron chi connectivity index (χ4n) is 3.94. The maximum atomic E-state index is 13.2. The molecule has 1 aliphatic heterocycles. The summed E-state index contributed by atoms with van der Waals surface area (Å²) in [6, 6.07) is 7.08. The van der Waals surface area contributed by atoms with Crippen LogP contribution in [0.15, 0.2) is 40.9 Å². The molecule has 1 atom stereocenters. The molecular weight excluding hydrogens is 409 g/mol. The van der Waals surface area contributed by atoms with Crippen LogP contribution in [0.2, 0.25) is 0 Å². The first-order chi connectivity index (χ1) is 14.9. The summed E-state index contributed by atoms with van der Waals surface area (Å²) >= 11 is 0. The van der Waals surface area contributed by atoms with Gasteiger partial charge in [-0.3, -0.25) is 9.48 Å². The first kappa shape index (κ1) is 21.1. The number of carbonyl (C=O) groups excluding carboxylic acids is 1. The Balaban J connectivity index is 1.49. The first-order valence-electron chi connectivity index (χ1n) is 10.2. The summed E-state index contributed by atoms with van der Waals surface area (Å²) < 4.78 is 46.6. The molecule has 3 heterocycles. The Morgan fingerprint density at radius 3 is 2.77 bits per heavy atom. The molecule has 31 heavy (non-hydrogen) atoms. The Morgan fingerprint density at radius 2 is 2.03 bits per heavy atom. The number of benzene rings is 1. The van der Waals surface area contributed by atoms with Crippen molar-refractivity contribution < 1.29 is 22.4 Å². The monoisotopic (exact) mass is 432 g/mol. The molecule has 9 heteroatoms. The smallest absolute Gasteiger partial charge is 0.280 e. The largest absolute Gasteiger partial charge is 0.443 e. The summed E-state index contributed by atoms with van der Waals surface area (Å²) in [5, 5.41) is 4.05. The molecule has 1 unspecified atom stereocenters. The number of amides is 1. The summed E-state index contributed by atoms with van der Waals surface area (Å²) in [4.78, 5) is 19.0. The van der Waals surface area contributed by atoms with Gasteiger partial charge in [-0.2, -0.15) is 5.10 Å². The van der Waals surface area contributed by atoms with E-state index in [4.69, 9.17) is 4.42 Å². The van der Waals surface area contributed by atoms with Crippen LogP contribution in [0.25, 0.3) is 0 Å². The van der Waals surface area contributed by atoms with Crippen molar-refractivity contribution in [2.45, 2.75) is 51.6 Å². The number of hydrogen-bond donors (Lipinski definition) is 0. The van der Waals surface area contributed by atoms with Crippen molar-refractivity contribution in [1.29, 1.82) is 0 Å². The highest BCUT2D eigenvalue weighted by Gasteiger charge is 2.32. The van der Waals surface area contributed by atoms with Gasteiger partial charge in [0.15, 0.2) is 0 Å². The molecule has 1 saturated heterocycles. The van der Waals surface area contributed by atoms with E-state index in [0.717, 1.165) is 23.1 Å². The Bertz CT molecular complexity index is 1050. The normalized spacial score (nSPS) is 16.8. The Morgan fingerprint density at radius 1 is 1.26 bits per heavy atom. The molecule has 1 aliphatic rings. The van der Waals surface area contributed by atoms with Gasteiger partial charge in [0.25, 0.3) is 6.43 Å². The van der Waals surface area contributed by atoms with Gasteiger partial charge in [-0.15, -0.1) is 0 Å². The number of halogens is 3. The van der Waals surface area contributed by atoms with Gasteiger partial charge in [0.05, 0.1) is 11.9 Å². The number of carbonyl (C=O) groups is 1. The number of nitrogens with zero attached hydrogens (tertiary/aromatic N) is 4. The molecule has 1 amide bonds. The van der Waals surface area contributed by atoms with Crippen LogP contribution < -0.4 is 0 Å². The zero-order valence-electron chi connectivity index (χ0n) is 17.1. The molecule has 4 rings (SSSR count). The third-order valence-corrected chi connectivity index (χ3v) is 5.41. The van der Waals surface area contributed by atoms with Crippen LogP contribution >= 0.6 is 0 Å². The number of alkyl halides is 2. The standard InChI is InChI=1S/C22H23F3N4O2/c1-14-10-19(21(24)25)29(27-14)13-20(30)28-9-3-2-4-18(28)22-26-12-17(31-22)11-15-5-7-16(23)8-6-15/h5-8,10,12,18,21H,2-4,9,11,13H2,1H3. The van der Waals surface area contributed by atoms with E-state index in [0.29, 0.717) is 36.7 Å². The van der Waals surface area contributed by atoms with E-state index in [-0.39, 0.29) is 30.0 Å². The Hall–Kier alpha value is -3.10. The van der Waals surface area contributed by atoms with Crippen molar-refractivity contribution >= 4 is 5.91 Å². The lowest BCUT2D eigenvalue weighted by Gasteiger charge is -2.34. The molecule has 0 radical (unpaired) electrons. The number of aryl methyl sites for hydroxylation is 1. The van der Waals surface area contributed by atoms with Crippen molar-refractivity contribution in [1.82, 2.24) is 19.7 Å². The van der Waals surface area contributed by atoms with Crippen LogP contribution in [0.1, 0.15) is 60.3 Å². The lowest BCUT2D eigenvalue weighted by molar-refractivity contribution is -0.136. The molecule has 2 aromatic heterocycles. The molecule has 0 aliphatic carbocycles. The zero-order chi connectivity index (χ0) is 22.0. The molecule has 0 N–H and O–H groups in total. The van der Waals surface area contributed by atoms with Crippen molar-refractivity contribution in [2.24, 2.45) is 0 Å². The first-order valence-corrected chi connectivity index (χ1v) is 10.2. The molecule has 6 nitrogen and oxygen atoms in total. The average Bonchev–Trinajstić information content (AvgIpc) is 3.36. The van der Waals surface area contributed by atoms with Gasteiger partial charge in [-0.25, -0.2) is 18.2 Å². The number of aromatic nitrogens is 3. The highest BCUT2D eigenvalue weighted by atomic mass is 19.3. The van der Waals surface area contributed by atoms with E-state index >= 15 is 0 Å². The van der Waals surface area contributed by atoms with Gasteiger partial charge in [-0.05, 0) is 49.9 Å². The van der Waals surface area contributed by atoms with Crippen LogP contribution in [0.3, 0.4) is 0 Å². The van der Waals surface area contributed by atoms with Crippen molar-refractivity contribution in [3.8, 4) is 0 Å². The zero-order valence-corrected chi connectivity index (χ0v) is 17.1. The second kappa shape index (κ2) is 8.95. The number of rotatable bonds is 6. The van der Waals surface area contributed by atoms with Crippen LogP contribution in [0.5, 0.6) is 0 Å². The summed E-state index contributed by atoms with van der Waals surface area (Å²) in [6.07, 6.45) is 1.78. The van der Waals surface area contributed by atoms with E-state index in [1.165, 1.54) is 18.2 Å². The maximum absolute atomic E-state index is 13.2. The second-order valence-corrected chi connectivity index (χ2v) is 7.74. The molecular formula is C22H23F3N4O2. The predicted molar refractivity (Wildman–Crippen MR) is 106 cm³/mol. The summed E-state index contributed by atoms with van der Waals surface area (Å²) in [5.74, 6) is 0.437. The number of piperidine rings is 1. The van der Waals surface area contributed by atoms with Gasteiger partial charge in [-0.1, -0.05) is 12.1 Å². The van der Waals surface area contributed by atoms with Crippen LogP contribution in [-0.4, -0.2) is 32.1 Å². The van der Waals surface area contributed by atoms with E-state index in [1.807, 2.05) is 0 Å². The van der Waals surface area contributed by atoms with Gasteiger partial charge in [0.1, 0.15) is 29.9 Å². The number of likely N-dealkylation sites (tertiary alicyclic amines) is 1. The number of hydrogen-bond acceptors (Lipinski definition) is 4. The third-order valence-electron chi connectivity index (χ3n) is 5.41. The SMILES string of the molecule is Cc1cc(C(F)F)n(CC(=O)N2CCCCC2c2ncc(Cc3ccc(F)cc3)o2)n1. The van der Waals surface area contributed by atoms with E-state index < -0.39 is 6.43 Å². The van der Waals surface area contributed by atoms with Crippen LogP contribution in [0.4, 0.5) is 13.2 Å². The predicted octanol–water partition coefficient (Wildman–Crippen LogP) is 4.60. The van der Waals surface area contributed by atoms with Crippen molar-refractivity contribution in [2.75, 3.05) is 6.54 Å². The van der Waals surface area contributed by atoms with Crippen LogP contribution in [0, 0.1) is 12.7 Å². The minimum atomic E-state index is -2.70. The van der Waals surface area contributed by atoms with Crippen molar-refractivity contribution in [3.05, 3.63) is 70.9 Å². The lowest BCUT2D eigenvalue weighted by Crippen LogP contribution is -2.40. The molecule has 0 spiro atoms. The maximum Gasteiger partial charge on any atom is 0.280 e. The van der Waals surface area contributed by atoms with Gasteiger partial charge >= 0.3 is 0 Å². The van der Waals surface area contributed by atoms with E-state index in [1.54, 1.807) is 30.2 Å². The van der Waals surface area contributed by atoms with Crippen molar-refractivity contribution in [3.63, 3.8) is 0 Å². The quantitative estimate of drug-likeness (QED) is 0.571. The molecule has 3 aromatic rings.